The summed E-state index contributed by atoms with van der Waals surface area (Å²) in [5.74, 6) is 0.562. The summed E-state index contributed by atoms with van der Waals surface area (Å²) in [7, 11) is 2.18. The number of nitrogens with zero attached hydrogens (tertiary/aromatic N) is 1. The van der Waals surface area contributed by atoms with E-state index in [1.165, 1.54) is 35.0 Å². The fraction of sp³-hybridized carbons (Fsp3) is 0.467. The predicted molar refractivity (Wildman–Crippen MR) is 72.4 cm³/mol. The molecule has 2 nitrogen and oxygen atoms in total. The molecule has 1 aromatic heterocycles. The lowest BCUT2D eigenvalue weighted by molar-refractivity contribution is 0.649. The van der Waals surface area contributed by atoms with Gasteiger partial charge in [0, 0.05) is 36.1 Å². The van der Waals surface area contributed by atoms with Crippen LogP contribution in [0.2, 0.25) is 0 Å². The van der Waals surface area contributed by atoms with Gasteiger partial charge in [0.25, 0.3) is 0 Å². The molecule has 0 aliphatic heterocycles. The maximum Gasteiger partial charge on any atom is 0.0483 e. The Balaban J connectivity index is 2.28. The minimum atomic E-state index is 0.562. The van der Waals surface area contributed by atoms with Crippen LogP contribution in [-0.4, -0.2) is 11.1 Å². The summed E-state index contributed by atoms with van der Waals surface area (Å²) in [4.78, 5) is 0. The van der Waals surface area contributed by atoms with E-state index in [1.807, 2.05) is 0 Å². The van der Waals surface area contributed by atoms with Crippen molar-refractivity contribution in [3.05, 3.63) is 35.0 Å². The summed E-state index contributed by atoms with van der Waals surface area (Å²) in [6, 6.07) is 6.88. The third kappa shape index (κ3) is 1.44. The van der Waals surface area contributed by atoms with Crippen LogP contribution in [0, 0.1) is 0 Å². The second-order valence-corrected chi connectivity index (χ2v) is 5.10. The van der Waals surface area contributed by atoms with Gasteiger partial charge in [-0.05, 0) is 42.5 Å². The Hall–Kier alpha value is -1.28. The van der Waals surface area contributed by atoms with Crippen LogP contribution in [0.1, 0.15) is 36.1 Å². The van der Waals surface area contributed by atoms with Crippen molar-refractivity contribution in [1.82, 2.24) is 4.57 Å². The van der Waals surface area contributed by atoms with Crippen molar-refractivity contribution >= 4 is 10.9 Å². The van der Waals surface area contributed by atoms with Crippen LogP contribution in [0.25, 0.3) is 10.9 Å². The van der Waals surface area contributed by atoms with Crippen molar-refractivity contribution in [3.8, 4) is 0 Å². The summed E-state index contributed by atoms with van der Waals surface area (Å²) < 4.78 is 2.36. The number of benzene rings is 1. The summed E-state index contributed by atoms with van der Waals surface area (Å²) in [5.41, 5.74) is 11.7. The van der Waals surface area contributed by atoms with Crippen LogP contribution >= 0.6 is 0 Å². The Morgan fingerprint density at radius 3 is 2.94 bits per heavy atom. The van der Waals surface area contributed by atoms with Crippen LogP contribution in [-0.2, 0) is 19.9 Å². The van der Waals surface area contributed by atoms with Crippen molar-refractivity contribution in [2.24, 2.45) is 12.8 Å². The maximum atomic E-state index is 5.88. The van der Waals surface area contributed by atoms with E-state index >= 15 is 0 Å². The highest BCUT2D eigenvalue weighted by molar-refractivity contribution is 5.87. The molecule has 2 N–H and O–H groups in total. The van der Waals surface area contributed by atoms with Gasteiger partial charge in [0.2, 0.25) is 0 Å². The van der Waals surface area contributed by atoms with Gasteiger partial charge in [-0.25, -0.2) is 0 Å². The molecule has 1 aliphatic rings. The molecule has 1 heterocycles. The number of hydrogen-bond acceptors (Lipinski definition) is 1. The first-order valence-corrected chi connectivity index (χ1v) is 6.56. The maximum absolute atomic E-state index is 5.88. The van der Waals surface area contributed by atoms with Gasteiger partial charge in [-0.3, -0.25) is 0 Å². The molecule has 2 aromatic rings. The molecule has 0 amide bonds. The van der Waals surface area contributed by atoms with Crippen LogP contribution in [0.4, 0.5) is 0 Å². The van der Waals surface area contributed by atoms with Crippen molar-refractivity contribution < 1.29 is 0 Å². The van der Waals surface area contributed by atoms with E-state index in [-0.39, 0.29) is 0 Å². The minimum absolute atomic E-state index is 0.562. The van der Waals surface area contributed by atoms with Crippen LogP contribution < -0.4 is 5.73 Å². The fourth-order valence-electron chi connectivity index (χ4n) is 3.28. The van der Waals surface area contributed by atoms with Gasteiger partial charge in [-0.15, -0.1) is 0 Å². The second-order valence-electron chi connectivity index (χ2n) is 5.10. The smallest absolute Gasteiger partial charge is 0.0483 e. The summed E-state index contributed by atoms with van der Waals surface area (Å²) in [5, 5.41) is 1.46. The first kappa shape index (κ1) is 10.8. The van der Waals surface area contributed by atoms with E-state index in [9.17, 15) is 0 Å². The third-order valence-corrected chi connectivity index (χ3v) is 4.24. The number of fused-ring (bicyclic) bond motifs is 3. The molecular weight excluding hydrogens is 208 g/mol. The molecule has 0 spiro atoms. The van der Waals surface area contributed by atoms with Crippen molar-refractivity contribution in [2.75, 3.05) is 6.54 Å². The third-order valence-electron chi connectivity index (χ3n) is 4.24. The Bertz CT molecular complexity index is 566. The van der Waals surface area contributed by atoms with Gasteiger partial charge in [0.15, 0.2) is 0 Å². The topological polar surface area (TPSA) is 30.9 Å². The SMILES string of the molecule is CCc1ccc2c(c1)c1c(n2C)C(CN)CC1. The molecule has 1 unspecified atom stereocenters. The molecule has 2 heteroatoms. The summed E-state index contributed by atoms with van der Waals surface area (Å²) in [6.45, 7) is 2.99. The minimum Gasteiger partial charge on any atom is -0.347 e. The Labute approximate surface area is 102 Å². The van der Waals surface area contributed by atoms with Crippen LogP contribution in [0.15, 0.2) is 18.2 Å². The van der Waals surface area contributed by atoms with Crippen molar-refractivity contribution in [3.63, 3.8) is 0 Å². The highest BCUT2D eigenvalue weighted by atomic mass is 15.0. The van der Waals surface area contributed by atoms with Crippen molar-refractivity contribution in [2.45, 2.75) is 32.1 Å². The van der Waals surface area contributed by atoms with Gasteiger partial charge >= 0.3 is 0 Å². The number of aromatic nitrogens is 1. The van der Waals surface area contributed by atoms with Crippen molar-refractivity contribution in [1.29, 1.82) is 0 Å². The van der Waals surface area contributed by atoms with E-state index in [2.05, 4.69) is 36.7 Å². The molecule has 0 saturated carbocycles. The van der Waals surface area contributed by atoms with Crippen LogP contribution in [0.3, 0.4) is 0 Å². The lowest BCUT2D eigenvalue weighted by atomic mass is 10.1. The van der Waals surface area contributed by atoms with E-state index in [0.717, 1.165) is 13.0 Å². The monoisotopic (exact) mass is 228 g/mol. The van der Waals surface area contributed by atoms with E-state index in [1.54, 1.807) is 5.56 Å². The lowest BCUT2D eigenvalue weighted by Gasteiger charge is -2.10. The molecule has 1 atom stereocenters. The molecule has 1 aliphatic carbocycles. The van der Waals surface area contributed by atoms with Gasteiger partial charge < -0.3 is 10.3 Å². The highest BCUT2D eigenvalue weighted by Gasteiger charge is 2.27. The number of hydrogen-bond donors (Lipinski definition) is 1. The quantitative estimate of drug-likeness (QED) is 0.842. The Kier molecular flexibility index (Phi) is 2.48. The predicted octanol–water partition coefficient (Wildman–Crippen LogP) is 2.73. The Morgan fingerprint density at radius 1 is 1.41 bits per heavy atom. The van der Waals surface area contributed by atoms with E-state index < -0.39 is 0 Å². The molecule has 17 heavy (non-hydrogen) atoms. The Morgan fingerprint density at radius 2 is 2.24 bits per heavy atom. The van der Waals surface area contributed by atoms with E-state index in [0.29, 0.717) is 5.92 Å². The van der Waals surface area contributed by atoms with Crippen LogP contribution in [0.5, 0.6) is 0 Å². The van der Waals surface area contributed by atoms with E-state index in [4.69, 9.17) is 5.73 Å². The fourth-order valence-corrected chi connectivity index (χ4v) is 3.28. The molecule has 0 radical (unpaired) electrons. The summed E-state index contributed by atoms with van der Waals surface area (Å²) >= 11 is 0. The van der Waals surface area contributed by atoms with Gasteiger partial charge in [0.05, 0.1) is 0 Å². The number of aryl methyl sites for hydroxylation is 3. The largest absolute Gasteiger partial charge is 0.347 e. The molecule has 90 valence electrons. The average molecular weight is 228 g/mol. The second kappa shape index (κ2) is 3.88. The normalized spacial score (nSPS) is 18.9. The zero-order chi connectivity index (χ0) is 12.0. The molecule has 0 fully saturated rings. The number of nitrogens with two attached hydrogens (primary N) is 1. The zero-order valence-electron chi connectivity index (χ0n) is 10.7. The summed E-state index contributed by atoms with van der Waals surface area (Å²) in [6.07, 6.45) is 3.53. The standard InChI is InChI=1S/C15H20N2/c1-3-10-4-7-14-13(8-10)12-6-5-11(9-16)15(12)17(14)2/h4,7-8,11H,3,5-6,9,16H2,1-2H3. The molecule has 1 aromatic carbocycles. The molecule has 0 bridgehead atoms. The molecule has 3 rings (SSSR count). The number of rotatable bonds is 2. The molecular formula is C15H20N2. The average Bonchev–Trinajstić information content (AvgIpc) is 2.90. The van der Waals surface area contributed by atoms with Gasteiger partial charge in [-0.1, -0.05) is 13.0 Å². The zero-order valence-corrected chi connectivity index (χ0v) is 10.7. The first-order chi connectivity index (χ1) is 8.26. The molecule has 0 saturated heterocycles. The van der Waals surface area contributed by atoms with Gasteiger partial charge in [0.1, 0.15) is 0 Å². The lowest BCUT2D eigenvalue weighted by Crippen LogP contribution is -2.12. The highest BCUT2D eigenvalue weighted by Crippen LogP contribution is 2.39. The first-order valence-electron chi connectivity index (χ1n) is 6.56. The van der Waals surface area contributed by atoms with Gasteiger partial charge in [-0.2, -0.15) is 0 Å².